The van der Waals surface area contributed by atoms with Crippen molar-refractivity contribution in [3.05, 3.63) is 64.3 Å². The second-order valence-corrected chi connectivity index (χ2v) is 11.1. The molecule has 1 heterocycles. The number of anilines is 3. The summed E-state index contributed by atoms with van der Waals surface area (Å²) in [5.74, 6) is 0.173. The van der Waals surface area contributed by atoms with E-state index in [0.717, 1.165) is 0 Å². The van der Waals surface area contributed by atoms with Gasteiger partial charge < -0.3 is 11.1 Å². The summed E-state index contributed by atoms with van der Waals surface area (Å²) < 4.78 is 62.9. The van der Waals surface area contributed by atoms with E-state index in [0.29, 0.717) is 22.0 Å². The van der Waals surface area contributed by atoms with Gasteiger partial charge in [0.15, 0.2) is 0 Å². The Balaban J connectivity index is 1.74. The lowest BCUT2D eigenvalue weighted by Gasteiger charge is -2.10. The molecule has 0 atom stereocenters. The molecular weight excluding hydrogens is 506 g/mol. The number of hydrogen-bond acceptors (Lipinski definition) is 10. The first-order valence-corrected chi connectivity index (χ1v) is 13.7. The van der Waals surface area contributed by atoms with Crippen LogP contribution in [0.1, 0.15) is 17.8 Å². The van der Waals surface area contributed by atoms with Gasteiger partial charge in [-0.05, 0) is 42.0 Å². The maximum atomic E-state index is 12.0. The molecule has 0 aliphatic carbocycles. The van der Waals surface area contributed by atoms with E-state index in [1.54, 1.807) is 24.3 Å². The van der Waals surface area contributed by atoms with Crippen molar-refractivity contribution in [2.45, 2.75) is 22.6 Å². The van der Waals surface area contributed by atoms with Crippen molar-refractivity contribution in [2.24, 2.45) is 0 Å². The second kappa shape index (κ2) is 10.5. The van der Waals surface area contributed by atoms with Crippen LogP contribution >= 0.6 is 11.8 Å². The zero-order valence-electron chi connectivity index (χ0n) is 17.5. The highest BCUT2D eigenvalue weighted by Gasteiger charge is 2.16. The lowest BCUT2D eigenvalue weighted by molar-refractivity contribution is 0.480. The summed E-state index contributed by atoms with van der Waals surface area (Å²) in [6, 6.07) is 10.7. The van der Waals surface area contributed by atoms with Gasteiger partial charge in [-0.2, -0.15) is 26.8 Å². The largest absolute Gasteiger partial charge is 0.398 e. The van der Waals surface area contributed by atoms with Gasteiger partial charge in [-0.25, -0.2) is 4.79 Å². The van der Waals surface area contributed by atoms with Gasteiger partial charge in [-0.15, -0.1) is 11.8 Å². The molecule has 3 aromatic rings. The van der Waals surface area contributed by atoms with Crippen LogP contribution in [0.25, 0.3) is 0 Å². The van der Waals surface area contributed by atoms with Crippen LogP contribution in [-0.4, -0.2) is 52.4 Å². The Kier molecular flexibility index (Phi) is 7.93. The third kappa shape index (κ3) is 7.53. The fraction of sp³-hybridized carbons (Fsp3) is 0.211. The van der Waals surface area contributed by atoms with E-state index >= 15 is 0 Å². The molecule has 0 radical (unpaired) electrons. The molecule has 0 aliphatic rings. The van der Waals surface area contributed by atoms with Gasteiger partial charge in [0.05, 0.1) is 10.6 Å². The summed E-state index contributed by atoms with van der Waals surface area (Å²) in [6.07, 6.45) is 0.177. The number of benzene rings is 2. The highest BCUT2D eigenvalue weighted by molar-refractivity contribution is 7.99. The topological polar surface area (TPSA) is 205 Å². The number of nitrogens with zero attached hydrogens (tertiary/aromatic N) is 2. The average Bonchev–Trinajstić information content (AvgIpc) is 2.71. The molecule has 0 spiro atoms. The van der Waals surface area contributed by atoms with Gasteiger partial charge in [-0.3, -0.25) is 14.1 Å². The fourth-order valence-electron chi connectivity index (χ4n) is 2.96. The van der Waals surface area contributed by atoms with Crippen LogP contribution in [0.4, 0.5) is 17.3 Å². The van der Waals surface area contributed by atoms with Crippen molar-refractivity contribution in [1.29, 1.82) is 0 Å². The third-order valence-corrected chi connectivity index (χ3v) is 7.31. The molecular formula is C19H21N5O7S3. The normalized spacial score (nSPS) is 11.9. The Morgan fingerprint density at radius 1 is 1.06 bits per heavy atom. The smallest absolute Gasteiger partial charge is 0.349 e. The quantitative estimate of drug-likeness (QED) is 0.111. The molecule has 12 nitrogen and oxygen atoms in total. The minimum atomic E-state index is -4.46. The highest BCUT2D eigenvalue weighted by Crippen LogP contribution is 2.29. The monoisotopic (exact) mass is 527 g/mol. The highest BCUT2D eigenvalue weighted by atomic mass is 32.2. The molecule has 0 bridgehead atoms. The number of aromatic amines is 1. The molecule has 1 aromatic heterocycles. The van der Waals surface area contributed by atoms with E-state index in [1.807, 2.05) is 0 Å². The lowest BCUT2D eigenvalue weighted by Crippen LogP contribution is -2.18. The Morgan fingerprint density at radius 2 is 1.79 bits per heavy atom. The van der Waals surface area contributed by atoms with E-state index in [2.05, 4.69) is 20.3 Å². The summed E-state index contributed by atoms with van der Waals surface area (Å²) in [5, 5.41) is 2.86. The van der Waals surface area contributed by atoms with Gasteiger partial charge in [-0.1, -0.05) is 18.2 Å². The molecule has 34 heavy (non-hydrogen) atoms. The fourth-order valence-corrected chi connectivity index (χ4v) is 5.27. The number of H-pyrrole nitrogens is 1. The second-order valence-electron chi connectivity index (χ2n) is 7.05. The number of nitrogen functional groups attached to an aromatic ring is 1. The number of rotatable bonds is 10. The first-order valence-electron chi connectivity index (χ1n) is 9.68. The minimum absolute atomic E-state index is 0.0453. The van der Waals surface area contributed by atoms with Gasteiger partial charge in [0.25, 0.3) is 20.2 Å². The number of hydrogen-bond donors (Lipinski definition) is 5. The van der Waals surface area contributed by atoms with Crippen LogP contribution in [0, 0.1) is 0 Å². The first-order chi connectivity index (χ1) is 15.9. The molecule has 0 saturated heterocycles. The minimum Gasteiger partial charge on any atom is -0.398 e. The molecule has 0 aliphatic heterocycles. The van der Waals surface area contributed by atoms with E-state index < -0.39 is 25.9 Å². The number of nitrogens with two attached hydrogens (primary N) is 1. The van der Waals surface area contributed by atoms with Gasteiger partial charge in [0.2, 0.25) is 5.95 Å². The number of nitrogens with one attached hydrogen (secondary N) is 2. The predicted molar refractivity (Wildman–Crippen MR) is 128 cm³/mol. The lowest BCUT2D eigenvalue weighted by atomic mass is 10.1. The zero-order valence-corrected chi connectivity index (χ0v) is 20.0. The van der Waals surface area contributed by atoms with Crippen LogP contribution in [0.2, 0.25) is 0 Å². The van der Waals surface area contributed by atoms with Crippen LogP contribution in [-0.2, 0) is 26.7 Å². The molecule has 2 aromatic carbocycles. The molecule has 15 heteroatoms. The molecule has 0 saturated carbocycles. The first kappa shape index (κ1) is 25.6. The van der Waals surface area contributed by atoms with Crippen LogP contribution in [0.15, 0.2) is 57.1 Å². The van der Waals surface area contributed by atoms with Crippen LogP contribution < -0.4 is 16.7 Å². The standard InChI is InChI=1S/C19H21N5O7S3/c20-14-11-13(6-7-15(14)32-8-3-9-33(26,27)28)21-18-22-17(23-19(25)24-18)10-12-4-1-2-5-16(12)34(29,30)31/h1-2,4-7,11H,3,8-10,20H2,(H,26,27,28)(H,29,30,31)(H2,21,22,23,24,25). The average molecular weight is 528 g/mol. The predicted octanol–water partition coefficient (Wildman–Crippen LogP) is 1.70. The van der Waals surface area contributed by atoms with Crippen LogP contribution in [0.3, 0.4) is 0 Å². The number of aromatic nitrogens is 3. The molecule has 0 fully saturated rings. The van der Waals surface area contributed by atoms with E-state index in [9.17, 15) is 26.2 Å². The van der Waals surface area contributed by atoms with Crippen molar-refractivity contribution < 1.29 is 25.9 Å². The van der Waals surface area contributed by atoms with Crippen molar-refractivity contribution >= 4 is 49.3 Å². The molecule has 182 valence electrons. The molecule has 3 rings (SSSR count). The van der Waals surface area contributed by atoms with Crippen LogP contribution in [0.5, 0.6) is 0 Å². The maximum absolute atomic E-state index is 12.0. The van der Waals surface area contributed by atoms with E-state index in [1.165, 1.54) is 30.0 Å². The van der Waals surface area contributed by atoms with Crippen molar-refractivity contribution in [2.75, 3.05) is 22.6 Å². The van der Waals surface area contributed by atoms with E-state index in [4.69, 9.17) is 10.3 Å². The van der Waals surface area contributed by atoms with Gasteiger partial charge in [0.1, 0.15) is 5.82 Å². The summed E-state index contributed by atoms with van der Waals surface area (Å²) in [6.45, 7) is 0. The SMILES string of the molecule is Nc1cc(Nc2nc(Cc3ccccc3S(=O)(=O)O)[nH]c(=O)n2)ccc1SCCCS(=O)(=O)O. The Hall–Kier alpha value is -2.98. The van der Waals surface area contributed by atoms with Gasteiger partial charge in [0, 0.05) is 22.7 Å². The Labute approximate surface area is 199 Å². The zero-order chi connectivity index (χ0) is 24.9. The molecule has 6 N–H and O–H groups in total. The van der Waals surface area contributed by atoms with Crippen molar-refractivity contribution in [3.63, 3.8) is 0 Å². The summed E-state index contributed by atoms with van der Waals surface area (Å²) >= 11 is 1.33. The number of thioether (sulfide) groups is 1. The Bertz CT molecular complexity index is 1460. The summed E-state index contributed by atoms with van der Waals surface area (Å²) in [7, 11) is -8.46. The van der Waals surface area contributed by atoms with E-state index in [-0.39, 0.29) is 40.8 Å². The summed E-state index contributed by atoms with van der Waals surface area (Å²) in [5.41, 5.74) is 6.45. The molecule has 0 unspecified atom stereocenters. The van der Waals surface area contributed by atoms with Crippen molar-refractivity contribution in [3.8, 4) is 0 Å². The molecule has 0 amide bonds. The maximum Gasteiger partial charge on any atom is 0.349 e. The Morgan fingerprint density at radius 3 is 2.47 bits per heavy atom. The summed E-state index contributed by atoms with van der Waals surface area (Å²) in [4.78, 5) is 22.8. The van der Waals surface area contributed by atoms with Crippen molar-refractivity contribution in [1.82, 2.24) is 15.0 Å². The van der Waals surface area contributed by atoms with Gasteiger partial charge >= 0.3 is 5.69 Å². The third-order valence-electron chi connectivity index (χ3n) is 4.38.